The lowest BCUT2D eigenvalue weighted by atomic mass is 10.2. The van der Waals surface area contributed by atoms with E-state index in [-0.39, 0.29) is 0 Å². The summed E-state index contributed by atoms with van der Waals surface area (Å²) in [5, 5.41) is 0. The van der Waals surface area contributed by atoms with Crippen LogP contribution in [0.3, 0.4) is 0 Å². The molecule has 1 heterocycles. The quantitative estimate of drug-likeness (QED) is 0.866. The molecule has 1 aliphatic rings. The Bertz CT molecular complexity index is 599. The SMILES string of the molecule is Cc1cc(N(Cc2cccc(N)c2)C2CC2)nc(C)n1. The van der Waals surface area contributed by atoms with E-state index in [4.69, 9.17) is 5.73 Å². The zero-order valence-corrected chi connectivity index (χ0v) is 12.0. The van der Waals surface area contributed by atoms with Crippen LogP contribution in [0.5, 0.6) is 0 Å². The summed E-state index contributed by atoms with van der Waals surface area (Å²) in [4.78, 5) is 11.3. The van der Waals surface area contributed by atoms with Gasteiger partial charge in [0.15, 0.2) is 0 Å². The Labute approximate surface area is 119 Å². The third-order valence-corrected chi connectivity index (χ3v) is 3.54. The molecule has 1 aromatic heterocycles. The molecular weight excluding hydrogens is 248 g/mol. The van der Waals surface area contributed by atoms with Gasteiger partial charge in [-0.3, -0.25) is 0 Å². The molecule has 1 aromatic carbocycles. The van der Waals surface area contributed by atoms with Crippen molar-refractivity contribution in [2.45, 2.75) is 39.3 Å². The number of rotatable bonds is 4. The number of anilines is 2. The van der Waals surface area contributed by atoms with Gasteiger partial charge in [-0.05, 0) is 44.4 Å². The highest BCUT2D eigenvalue weighted by molar-refractivity contribution is 5.46. The molecule has 0 atom stereocenters. The van der Waals surface area contributed by atoms with Crippen LogP contribution in [0.2, 0.25) is 0 Å². The molecular formula is C16H20N4. The summed E-state index contributed by atoms with van der Waals surface area (Å²) in [6, 6.07) is 10.8. The minimum Gasteiger partial charge on any atom is -0.399 e. The number of hydrogen-bond donors (Lipinski definition) is 1. The van der Waals surface area contributed by atoms with Crippen molar-refractivity contribution in [1.82, 2.24) is 9.97 Å². The largest absolute Gasteiger partial charge is 0.399 e. The Morgan fingerprint density at radius 2 is 2.00 bits per heavy atom. The highest BCUT2D eigenvalue weighted by Crippen LogP contribution is 2.32. The molecule has 0 spiro atoms. The fourth-order valence-corrected chi connectivity index (χ4v) is 2.52. The van der Waals surface area contributed by atoms with Gasteiger partial charge in [0.25, 0.3) is 0 Å². The molecule has 0 amide bonds. The zero-order chi connectivity index (χ0) is 14.1. The molecule has 20 heavy (non-hydrogen) atoms. The Morgan fingerprint density at radius 1 is 1.20 bits per heavy atom. The van der Waals surface area contributed by atoms with Crippen molar-refractivity contribution in [2.75, 3.05) is 10.6 Å². The molecule has 104 valence electrons. The Morgan fingerprint density at radius 3 is 2.65 bits per heavy atom. The first-order valence-corrected chi connectivity index (χ1v) is 7.05. The maximum Gasteiger partial charge on any atom is 0.133 e. The van der Waals surface area contributed by atoms with Crippen molar-refractivity contribution in [3.8, 4) is 0 Å². The summed E-state index contributed by atoms with van der Waals surface area (Å²) in [5.41, 5.74) is 8.93. The minimum absolute atomic E-state index is 0.602. The van der Waals surface area contributed by atoms with E-state index >= 15 is 0 Å². The first-order chi connectivity index (χ1) is 9.61. The summed E-state index contributed by atoms with van der Waals surface area (Å²) in [6.45, 7) is 4.82. The predicted octanol–water partition coefficient (Wildman–Crippen LogP) is 2.84. The van der Waals surface area contributed by atoms with Crippen LogP contribution in [0.15, 0.2) is 30.3 Å². The summed E-state index contributed by atoms with van der Waals surface area (Å²) in [7, 11) is 0. The molecule has 1 saturated carbocycles. The standard InChI is InChI=1S/C16H20N4/c1-11-8-16(19-12(2)18-11)20(15-6-7-15)10-13-4-3-5-14(17)9-13/h3-5,8-9,15H,6-7,10,17H2,1-2H3. The number of nitrogen functional groups attached to an aromatic ring is 1. The van der Waals surface area contributed by atoms with E-state index in [9.17, 15) is 0 Å². The van der Waals surface area contributed by atoms with Crippen LogP contribution in [-0.2, 0) is 6.54 Å². The number of nitrogens with zero attached hydrogens (tertiary/aromatic N) is 3. The maximum atomic E-state index is 5.87. The highest BCUT2D eigenvalue weighted by atomic mass is 15.2. The second-order valence-electron chi connectivity index (χ2n) is 5.52. The van der Waals surface area contributed by atoms with E-state index in [0.29, 0.717) is 6.04 Å². The minimum atomic E-state index is 0.602. The second kappa shape index (κ2) is 5.12. The van der Waals surface area contributed by atoms with Crippen LogP contribution in [-0.4, -0.2) is 16.0 Å². The molecule has 0 bridgehead atoms. The third kappa shape index (κ3) is 2.90. The summed E-state index contributed by atoms with van der Waals surface area (Å²) in [6.07, 6.45) is 2.48. The zero-order valence-electron chi connectivity index (χ0n) is 12.0. The van der Waals surface area contributed by atoms with E-state index in [2.05, 4.69) is 27.0 Å². The second-order valence-corrected chi connectivity index (χ2v) is 5.52. The molecule has 0 aliphatic heterocycles. The van der Waals surface area contributed by atoms with Crippen molar-refractivity contribution in [1.29, 1.82) is 0 Å². The molecule has 2 N–H and O–H groups in total. The lowest BCUT2D eigenvalue weighted by Gasteiger charge is -2.24. The number of nitrogens with two attached hydrogens (primary N) is 1. The number of hydrogen-bond acceptors (Lipinski definition) is 4. The van der Waals surface area contributed by atoms with Gasteiger partial charge in [-0.15, -0.1) is 0 Å². The van der Waals surface area contributed by atoms with Gasteiger partial charge in [0.1, 0.15) is 11.6 Å². The Balaban J connectivity index is 1.89. The average Bonchev–Trinajstić information content (AvgIpc) is 3.19. The van der Waals surface area contributed by atoms with Crippen molar-refractivity contribution in [3.05, 3.63) is 47.4 Å². The molecule has 1 aliphatic carbocycles. The van der Waals surface area contributed by atoms with Gasteiger partial charge in [0.05, 0.1) is 0 Å². The highest BCUT2D eigenvalue weighted by Gasteiger charge is 2.30. The monoisotopic (exact) mass is 268 g/mol. The Hall–Kier alpha value is -2.10. The first kappa shape index (κ1) is 12.9. The average molecular weight is 268 g/mol. The smallest absolute Gasteiger partial charge is 0.133 e. The van der Waals surface area contributed by atoms with Gasteiger partial charge >= 0.3 is 0 Å². The lowest BCUT2D eigenvalue weighted by molar-refractivity contribution is 0.769. The van der Waals surface area contributed by atoms with Gasteiger partial charge in [0, 0.05) is 30.0 Å². The topological polar surface area (TPSA) is 55.0 Å². The lowest BCUT2D eigenvalue weighted by Crippen LogP contribution is -2.26. The van der Waals surface area contributed by atoms with Crippen molar-refractivity contribution < 1.29 is 0 Å². The number of aryl methyl sites for hydroxylation is 2. The van der Waals surface area contributed by atoms with Crippen LogP contribution in [0.1, 0.15) is 29.9 Å². The molecule has 4 nitrogen and oxygen atoms in total. The fourth-order valence-electron chi connectivity index (χ4n) is 2.52. The summed E-state index contributed by atoms with van der Waals surface area (Å²) < 4.78 is 0. The third-order valence-electron chi connectivity index (χ3n) is 3.54. The van der Waals surface area contributed by atoms with E-state index in [1.165, 1.54) is 18.4 Å². The predicted molar refractivity (Wildman–Crippen MR) is 81.6 cm³/mol. The Kier molecular flexibility index (Phi) is 3.30. The normalized spacial score (nSPS) is 14.3. The van der Waals surface area contributed by atoms with Gasteiger partial charge in [-0.1, -0.05) is 12.1 Å². The molecule has 4 heteroatoms. The van der Waals surface area contributed by atoms with Crippen LogP contribution in [0.25, 0.3) is 0 Å². The molecule has 0 saturated heterocycles. The first-order valence-electron chi connectivity index (χ1n) is 7.05. The van der Waals surface area contributed by atoms with E-state index in [1.54, 1.807) is 0 Å². The maximum absolute atomic E-state index is 5.87. The molecule has 1 fully saturated rings. The van der Waals surface area contributed by atoms with E-state index in [1.807, 2.05) is 32.0 Å². The molecule has 0 unspecified atom stereocenters. The number of aromatic nitrogens is 2. The van der Waals surface area contributed by atoms with Crippen LogP contribution in [0, 0.1) is 13.8 Å². The number of benzene rings is 1. The van der Waals surface area contributed by atoms with Gasteiger partial charge in [-0.25, -0.2) is 9.97 Å². The van der Waals surface area contributed by atoms with Crippen LogP contribution in [0.4, 0.5) is 11.5 Å². The van der Waals surface area contributed by atoms with E-state index in [0.717, 1.165) is 29.6 Å². The van der Waals surface area contributed by atoms with E-state index < -0.39 is 0 Å². The van der Waals surface area contributed by atoms with Gasteiger partial charge in [-0.2, -0.15) is 0 Å². The summed E-state index contributed by atoms with van der Waals surface area (Å²) in [5.74, 6) is 1.86. The summed E-state index contributed by atoms with van der Waals surface area (Å²) >= 11 is 0. The molecule has 3 rings (SSSR count). The van der Waals surface area contributed by atoms with Crippen LogP contribution >= 0.6 is 0 Å². The van der Waals surface area contributed by atoms with Gasteiger partial charge in [0.2, 0.25) is 0 Å². The molecule has 0 radical (unpaired) electrons. The van der Waals surface area contributed by atoms with Gasteiger partial charge < -0.3 is 10.6 Å². The van der Waals surface area contributed by atoms with Crippen molar-refractivity contribution in [3.63, 3.8) is 0 Å². The fraction of sp³-hybridized carbons (Fsp3) is 0.375. The van der Waals surface area contributed by atoms with Crippen LogP contribution < -0.4 is 10.6 Å². The van der Waals surface area contributed by atoms with Crippen molar-refractivity contribution >= 4 is 11.5 Å². The van der Waals surface area contributed by atoms with Crippen molar-refractivity contribution in [2.24, 2.45) is 0 Å². The molecule has 2 aromatic rings.